The Hall–Kier alpha value is -2.98. The first-order chi connectivity index (χ1) is 16.7. The van der Waals surface area contributed by atoms with Gasteiger partial charge in [0, 0.05) is 10.1 Å². The van der Waals surface area contributed by atoms with Gasteiger partial charge in [0.05, 0.1) is 9.90 Å². The standard InChI is InChI=1S/C25H25ClF3NO5S/c1-5-24(3,4)20(23(32)33)30-22(31)16-10-11-17-18(13(2)21(26)36-17)19(16)34-12-14-6-8-15(9-7-14)35-25(27,28)29/h6-11,20H,5,12H2,1-4H3,(H,30,31)(H,32,33)/t20-/m1/s1. The number of carbonyl (C=O) groups excluding carboxylic acids is 1. The lowest BCUT2D eigenvalue weighted by molar-refractivity contribution is -0.274. The third-order valence-electron chi connectivity index (χ3n) is 5.99. The van der Waals surface area contributed by atoms with Crippen molar-refractivity contribution in [1.82, 2.24) is 5.32 Å². The number of benzene rings is 2. The Labute approximate surface area is 215 Å². The van der Waals surface area contributed by atoms with Crippen LogP contribution in [0.25, 0.3) is 10.1 Å². The maximum Gasteiger partial charge on any atom is 0.573 e. The summed E-state index contributed by atoms with van der Waals surface area (Å²) < 4.78 is 48.5. The van der Waals surface area contributed by atoms with Crippen LogP contribution in [0.1, 0.15) is 48.7 Å². The van der Waals surface area contributed by atoms with Crippen LogP contribution in [0, 0.1) is 12.3 Å². The van der Waals surface area contributed by atoms with Crippen LogP contribution in [0.3, 0.4) is 0 Å². The molecule has 0 saturated carbocycles. The van der Waals surface area contributed by atoms with Gasteiger partial charge < -0.3 is 19.9 Å². The lowest BCUT2D eigenvalue weighted by atomic mass is 9.81. The molecule has 0 radical (unpaired) electrons. The molecule has 0 aliphatic rings. The minimum atomic E-state index is -4.80. The van der Waals surface area contributed by atoms with Gasteiger partial charge in [0.1, 0.15) is 24.1 Å². The quantitative estimate of drug-likeness (QED) is 0.305. The van der Waals surface area contributed by atoms with Gasteiger partial charge >= 0.3 is 12.3 Å². The summed E-state index contributed by atoms with van der Waals surface area (Å²) in [4.78, 5) is 25.2. The van der Waals surface area contributed by atoms with Gasteiger partial charge in [-0.1, -0.05) is 44.5 Å². The number of hydrogen-bond donors (Lipinski definition) is 2. The molecule has 1 atom stereocenters. The molecule has 0 saturated heterocycles. The first-order valence-electron chi connectivity index (χ1n) is 11.0. The van der Waals surface area contributed by atoms with E-state index in [-0.39, 0.29) is 23.7 Å². The third kappa shape index (κ3) is 6.22. The molecular formula is C25H25ClF3NO5S. The molecule has 1 amide bonds. The maximum atomic E-state index is 13.3. The van der Waals surface area contributed by atoms with Crippen molar-refractivity contribution < 1.29 is 37.3 Å². The van der Waals surface area contributed by atoms with Gasteiger partial charge in [0.15, 0.2) is 0 Å². The first-order valence-corrected chi connectivity index (χ1v) is 12.2. The second-order valence-corrected chi connectivity index (χ2v) is 10.5. The van der Waals surface area contributed by atoms with E-state index in [1.807, 2.05) is 6.92 Å². The summed E-state index contributed by atoms with van der Waals surface area (Å²) in [5, 5.41) is 12.9. The van der Waals surface area contributed by atoms with Gasteiger partial charge in [-0.25, -0.2) is 4.79 Å². The molecule has 3 aromatic rings. The molecule has 0 bridgehead atoms. The fourth-order valence-electron chi connectivity index (χ4n) is 3.55. The van der Waals surface area contributed by atoms with E-state index in [2.05, 4.69) is 10.1 Å². The van der Waals surface area contributed by atoms with Crippen LogP contribution in [0.5, 0.6) is 11.5 Å². The molecule has 6 nitrogen and oxygen atoms in total. The number of hydrogen-bond acceptors (Lipinski definition) is 5. The fraction of sp³-hybridized carbons (Fsp3) is 0.360. The molecule has 2 N–H and O–H groups in total. The van der Waals surface area contributed by atoms with E-state index in [9.17, 15) is 27.9 Å². The summed E-state index contributed by atoms with van der Waals surface area (Å²) in [7, 11) is 0. The van der Waals surface area contributed by atoms with Crippen LogP contribution in [0.4, 0.5) is 13.2 Å². The fourth-order valence-corrected chi connectivity index (χ4v) is 4.83. The SMILES string of the molecule is CCC(C)(C)[C@H](NC(=O)c1ccc2sc(Cl)c(C)c2c1OCc1ccc(OC(F)(F)F)cc1)C(=O)O. The molecular weight excluding hydrogens is 519 g/mol. The van der Waals surface area contributed by atoms with Gasteiger partial charge in [-0.2, -0.15) is 0 Å². The van der Waals surface area contributed by atoms with Crippen molar-refractivity contribution in [2.45, 2.75) is 53.1 Å². The maximum absolute atomic E-state index is 13.3. The second-order valence-electron chi connectivity index (χ2n) is 8.88. The number of carboxylic acid groups (broad SMARTS) is 1. The van der Waals surface area contributed by atoms with Crippen LogP contribution < -0.4 is 14.8 Å². The number of fused-ring (bicyclic) bond motifs is 1. The highest BCUT2D eigenvalue weighted by molar-refractivity contribution is 7.23. The lowest BCUT2D eigenvalue weighted by Crippen LogP contribution is -2.50. The number of halogens is 4. The Morgan fingerprint density at radius 3 is 2.33 bits per heavy atom. The van der Waals surface area contributed by atoms with E-state index >= 15 is 0 Å². The summed E-state index contributed by atoms with van der Waals surface area (Å²) in [5.41, 5.74) is 0.630. The molecule has 0 aliphatic heterocycles. The van der Waals surface area contributed by atoms with E-state index in [0.29, 0.717) is 27.3 Å². The van der Waals surface area contributed by atoms with Crippen molar-refractivity contribution in [2.75, 3.05) is 0 Å². The predicted molar refractivity (Wildman–Crippen MR) is 132 cm³/mol. The zero-order valence-corrected chi connectivity index (χ0v) is 21.5. The number of carbonyl (C=O) groups is 2. The molecule has 0 spiro atoms. The van der Waals surface area contributed by atoms with Gasteiger partial charge in [-0.15, -0.1) is 24.5 Å². The average Bonchev–Trinajstić information content (AvgIpc) is 3.09. The zero-order valence-electron chi connectivity index (χ0n) is 20.0. The Balaban J connectivity index is 1.95. The van der Waals surface area contributed by atoms with Crippen molar-refractivity contribution in [1.29, 1.82) is 0 Å². The van der Waals surface area contributed by atoms with Gasteiger partial charge in [-0.05, 0) is 54.2 Å². The van der Waals surface area contributed by atoms with Gasteiger partial charge in [-0.3, -0.25) is 4.79 Å². The minimum absolute atomic E-state index is 0.0680. The van der Waals surface area contributed by atoms with Crippen molar-refractivity contribution in [3.8, 4) is 11.5 Å². The number of rotatable bonds is 9. The highest BCUT2D eigenvalue weighted by Gasteiger charge is 2.36. The molecule has 1 aromatic heterocycles. The van der Waals surface area contributed by atoms with Crippen LogP contribution in [0.15, 0.2) is 36.4 Å². The Morgan fingerprint density at radius 1 is 1.14 bits per heavy atom. The summed E-state index contributed by atoms with van der Waals surface area (Å²) in [6.07, 6.45) is -4.29. The zero-order chi connectivity index (χ0) is 26.8. The third-order valence-corrected chi connectivity index (χ3v) is 7.55. The minimum Gasteiger partial charge on any atom is -0.487 e. The Morgan fingerprint density at radius 2 is 1.78 bits per heavy atom. The van der Waals surface area contributed by atoms with E-state index in [0.717, 1.165) is 16.8 Å². The van der Waals surface area contributed by atoms with E-state index < -0.39 is 29.7 Å². The highest BCUT2D eigenvalue weighted by atomic mass is 35.5. The van der Waals surface area contributed by atoms with Crippen molar-refractivity contribution >= 4 is 44.9 Å². The Bertz CT molecular complexity index is 1270. The second kappa shape index (κ2) is 10.6. The van der Waals surface area contributed by atoms with Crippen LogP contribution >= 0.6 is 22.9 Å². The van der Waals surface area contributed by atoms with Crippen molar-refractivity contribution in [2.24, 2.45) is 5.41 Å². The Kier molecular flexibility index (Phi) is 8.10. The number of carboxylic acids is 1. The van der Waals surface area contributed by atoms with E-state index in [1.165, 1.54) is 29.5 Å². The van der Waals surface area contributed by atoms with E-state index in [1.54, 1.807) is 26.8 Å². The smallest absolute Gasteiger partial charge is 0.487 e. The van der Waals surface area contributed by atoms with Crippen LogP contribution in [0.2, 0.25) is 4.34 Å². The summed E-state index contributed by atoms with van der Waals surface area (Å²) in [6, 6.07) is 7.26. The van der Waals surface area contributed by atoms with Crippen LogP contribution in [-0.4, -0.2) is 29.4 Å². The van der Waals surface area contributed by atoms with Crippen molar-refractivity contribution in [3.63, 3.8) is 0 Å². The van der Waals surface area contributed by atoms with Gasteiger partial charge in [0.25, 0.3) is 5.91 Å². The van der Waals surface area contributed by atoms with Crippen LogP contribution in [-0.2, 0) is 11.4 Å². The molecule has 2 aromatic carbocycles. The molecule has 0 unspecified atom stereocenters. The monoisotopic (exact) mass is 543 g/mol. The van der Waals surface area contributed by atoms with E-state index in [4.69, 9.17) is 16.3 Å². The first kappa shape index (κ1) is 27.6. The number of amides is 1. The number of alkyl halides is 3. The summed E-state index contributed by atoms with van der Waals surface area (Å²) in [5.74, 6) is -1.95. The molecule has 11 heteroatoms. The molecule has 36 heavy (non-hydrogen) atoms. The topological polar surface area (TPSA) is 84.9 Å². The lowest BCUT2D eigenvalue weighted by Gasteiger charge is -2.31. The van der Waals surface area contributed by atoms with Crippen molar-refractivity contribution in [3.05, 3.63) is 57.4 Å². The summed E-state index contributed by atoms with van der Waals surface area (Å²) in [6.45, 7) is 7.05. The number of nitrogens with one attached hydrogen (secondary N) is 1. The number of ether oxygens (including phenoxy) is 2. The average molecular weight is 544 g/mol. The molecule has 1 heterocycles. The molecule has 0 aliphatic carbocycles. The summed E-state index contributed by atoms with van der Waals surface area (Å²) >= 11 is 7.63. The number of aliphatic carboxylic acids is 1. The van der Waals surface area contributed by atoms with Gasteiger partial charge in [0.2, 0.25) is 0 Å². The molecule has 194 valence electrons. The number of aryl methyl sites for hydroxylation is 1. The number of thiophene rings is 1. The normalized spacial score (nSPS) is 12.9. The highest BCUT2D eigenvalue weighted by Crippen LogP contribution is 2.42. The predicted octanol–water partition coefficient (Wildman–Crippen LogP) is 6.96. The largest absolute Gasteiger partial charge is 0.573 e. The molecule has 3 rings (SSSR count). The molecule has 0 fully saturated rings.